The zero-order chi connectivity index (χ0) is 10.4. The van der Waals surface area contributed by atoms with Crippen molar-refractivity contribution < 1.29 is 0 Å². The number of hydrogen-bond acceptors (Lipinski definition) is 3. The van der Waals surface area contributed by atoms with Crippen molar-refractivity contribution >= 4 is 27.3 Å². The summed E-state index contributed by atoms with van der Waals surface area (Å²) in [5, 5.41) is 2.10. The topological polar surface area (TPSA) is 38.0 Å². The minimum absolute atomic E-state index is 0.407. The van der Waals surface area contributed by atoms with E-state index in [9.17, 15) is 0 Å². The second kappa shape index (κ2) is 6.56. The van der Waals surface area contributed by atoms with E-state index in [-0.39, 0.29) is 0 Å². The van der Waals surface area contributed by atoms with E-state index < -0.39 is 0 Å². The molecule has 1 aromatic rings. The summed E-state index contributed by atoms with van der Waals surface area (Å²) in [4.78, 5) is 1.38. The Balaban J connectivity index is 2.44. The second-order valence-electron chi connectivity index (χ2n) is 3.40. The molecular formula is C10H17BrN2S. The van der Waals surface area contributed by atoms with E-state index in [0.717, 1.165) is 12.8 Å². The van der Waals surface area contributed by atoms with Crippen LogP contribution < -0.4 is 11.3 Å². The monoisotopic (exact) mass is 276 g/mol. The van der Waals surface area contributed by atoms with Crippen LogP contribution in [0.25, 0.3) is 0 Å². The van der Waals surface area contributed by atoms with E-state index in [1.807, 2.05) is 0 Å². The van der Waals surface area contributed by atoms with Crippen LogP contribution in [0.2, 0.25) is 0 Å². The molecule has 0 radical (unpaired) electrons. The van der Waals surface area contributed by atoms with Gasteiger partial charge in [0, 0.05) is 15.4 Å². The van der Waals surface area contributed by atoms with Gasteiger partial charge in [-0.1, -0.05) is 19.8 Å². The standard InChI is InChI=1S/C10H17BrN2S/c1-2-3-4-8(13-12)7-10-9(11)5-6-14-10/h5-6,8,13H,2-4,7,12H2,1H3. The third-order valence-electron chi connectivity index (χ3n) is 2.26. The van der Waals surface area contributed by atoms with Crippen LogP contribution in [0.1, 0.15) is 31.1 Å². The summed E-state index contributed by atoms with van der Waals surface area (Å²) in [7, 11) is 0. The zero-order valence-corrected chi connectivity index (χ0v) is 10.8. The molecule has 0 aliphatic carbocycles. The minimum atomic E-state index is 0.407. The number of halogens is 1. The van der Waals surface area contributed by atoms with E-state index in [2.05, 4.69) is 39.7 Å². The number of thiophene rings is 1. The van der Waals surface area contributed by atoms with E-state index in [1.54, 1.807) is 11.3 Å². The van der Waals surface area contributed by atoms with E-state index in [0.29, 0.717) is 6.04 Å². The average molecular weight is 277 g/mol. The maximum absolute atomic E-state index is 5.52. The van der Waals surface area contributed by atoms with Crippen molar-refractivity contribution in [3.05, 3.63) is 20.8 Å². The van der Waals surface area contributed by atoms with E-state index in [1.165, 1.54) is 22.2 Å². The fraction of sp³-hybridized carbons (Fsp3) is 0.600. The van der Waals surface area contributed by atoms with Gasteiger partial charge in [0.15, 0.2) is 0 Å². The summed E-state index contributed by atoms with van der Waals surface area (Å²) in [6, 6.07) is 2.50. The Bertz CT molecular complexity index is 262. The number of unbranched alkanes of at least 4 members (excludes halogenated alkanes) is 1. The maximum Gasteiger partial charge on any atom is 0.0314 e. The highest BCUT2D eigenvalue weighted by Crippen LogP contribution is 2.24. The molecule has 0 saturated heterocycles. The van der Waals surface area contributed by atoms with Crippen molar-refractivity contribution in [1.29, 1.82) is 0 Å². The molecule has 1 rings (SSSR count). The summed E-state index contributed by atoms with van der Waals surface area (Å²) >= 11 is 5.32. The lowest BCUT2D eigenvalue weighted by Crippen LogP contribution is -2.36. The van der Waals surface area contributed by atoms with Gasteiger partial charge in [0.1, 0.15) is 0 Å². The van der Waals surface area contributed by atoms with E-state index >= 15 is 0 Å². The normalized spacial score (nSPS) is 13.1. The van der Waals surface area contributed by atoms with Gasteiger partial charge in [-0.25, -0.2) is 0 Å². The van der Waals surface area contributed by atoms with Gasteiger partial charge in [0.2, 0.25) is 0 Å². The van der Waals surface area contributed by atoms with Gasteiger partial charge in [-0.15, -0.1) is 11.3 Å². The quantitative estimate of drug-likeness (QED) is 0.619. The summed E-state index contributed by atoms with van der Waals surface area (Å²) < 4.78 is 1.21. The van der Waals surface area contributed by atoms with Crippen molar-refractivity contribution in [2.45, 2.75) is 38.6 Å². The molecule has 0 aromatic carbocycles. The molecule has 1 aromatic heterocycles. The fourth-order valence-corrected chi connectivity index (χ4v) is 2.99. The Morgan fingerprint density at radius 1 is 1.64 bits per heavy atom. The van der Waals surface area contributed by atoms with Crippen LogP contribution in [0.5, 0.6) is 0 Å². The lowest BCUT2D eigenvalue weighted by atomic mass is 10.1. The number of hydrazine groups is 1. The highest BCUT2D eigenvalue weighted by atomic mass is 79.9. The first-order valence-electron chi connectivity index (χ1n) is 4.96. The van der Waals surface area contributed by atoms with Gasteiger partial charge < -0.3 is 0 Å². The summed E-state index contributed by atoms with van der Waals surface area (Å²) in [6.07, 6.45) is 4.63. The van der Waals surface area contributed by atoms with Crippen molar-refractivity contribution in [3.63, 3.8) is 0 Å². The predicted molar refractivity (Wildman–Crippen MR) is 66.4 cm³/mol. The number of nitrogens with one attached hydrogen (secondary N) is 1. The predicted octanol–water partition coefficient (Wildman–Crippen LogP) is 3.08. The van der Waals surface area contributed by atoms with Crippen molar-refractivity contribution in [2.75, 3.05) is 0 Å². The molecule has 0 bridgehead atoms. The number of nitrogens with two attached hydrogens (primary N) is 1. The van der Waals surface area contributed by atoms with Crippen molar-refractivity contribution in [1.82, 2.24) is 5.43 Å². The second-order valence-corrected chi connectivity index (χ2v) is 5.26. The Kier molecular flexibility index (Phi) is 5.70. The van der Waals surface area contributed by atoms with Crippen molar-refractivity contribution in [2.24, 2.45) is 5.84 Å². The molecule has 1 atom stereocenters. The third kappa shape index (κ3) is 3.69. The maximum atomic E-state index is 5.52. The Morgan fingerprint density at radius 3 is 2.93 bits per heavy atom. The Labute approximate surface area is 98.0 Å². The zero-order valence-electron chi connectivity index (χ0n) is 8.42. The van der Waals surface area contributed by atoms with Crippen LogP contribution in [0.15, 0.2) is 15.9 Å². The molecule has 2 nitrogen and oxygen atoms in total. The SMILES string of the molecule is CCCCC(Cc1sccc1Br)NN. The minimum Gasteiger partial charge on any atom is -0.271 e. The Hall–Kier alpha value is 0.1000. The first-order chi connectivity index (χ1) is 6.77. The summed E-state index contributed by atoms with van der Waals surface area (Å²) in [5.74, 6) is 5.52. The molecule has 0 aliphatic rings. The van der Waals surface area contributed by atoms with Gasteiger partial charge in [-0.05, 0) is 40.2 Å². The molecule has 4 heteroatoms. The van der Waals surface area contributed by atoms with Gasteiger partial charge in [-0.3, -0.25) is 11.3 Å². The van der Waals surface area contributed by atoms with Crippen LogP contribution in [0, 0.1) is 0 Å². The number of rotatable bonds is 6. The lowest BCUT2D eigenvalue weighted by Gasteiger charge is -2.14. The van der Waals surface area contributed by atoms with E-state index in [4.69, 9.17) is 5.84 Å². The van der Waals surface area contributed by atoms with Crippen LogP contribution in [0.3, 0.4) is 0 Å². The van der Waals surface area contributed by atoms with Crippen molar-refractivity contribution in [3.8, 4) is 0 Å². The molecule has 14 heavy (non-hydrogen) atoms. The first-order valence-corrected chi connectivity index (χ1v) is 6.63. The molecular weight excluding hydrogens is 260 g/mol. The molecule has 80 valence electrons. The highest BCUT2D eigenvalue weighted by molar-refractivity contribution is 9.10. The van der Waals surface area contributed by atoms with Gasteiger partial charge in [0.25, 0.3) is 0 Å². The Morgan fingerprint density at radius 2 is 2.43 bits per heavy atom. The molecule has 0 amide bonds. The average Bonchev–Trinajstić information content (AvgIpc) is 2.59. The molecule has 0 fully saturated rings. The summed E-state index contributed by atoms with van der Waals surface area (Å²) in [5.41, 5.74) is 2.89. The van der Waals surface area contributed by atoms with Gasteiger partial charge >= 0.3 is 0 Å². The van der Waals surface area contributed by atoms with Crippen LogP contribution in [-0.2, 0) is 6.42 Å². The molecule has 1 heterocycles. The third-order valence-corrected chi connectivity index (χ3v) is 4.21. The molecule has 1 unspecified atom stereocenters. The van der Waals surface area contributed by atoms with Gasteiger partial charge in [0.05, 0.1) is 0 Å². The molecule has 0 spiro atoms. The molecule has 3 N–H and O–H groups in total. The lowest BCUT2D eigenvalue weighted by molar-refractivity contribution is 0.475. The smallest absolute Gasteiger partial charge is 0.0314 e. The highest BCUT2D eigenvalue weighted by Gasteiger charge is 2.10. The molecule has 0 saturated carbocycles. The summed E-state index contributed by atoms with van der Waals surface area (Å²) in [6.45, 7) is 2.20. The number of hydrogen-bond donors (Lipinski definition) is 2. The molecule has 0 aliphatic heterocycles. The largest absolute Gasteiger partial charge is 0.271 e. The first kappa shape index (κ1) is 12.2. The van der Waals surface area contributed by atoms with Crippen LogP contribution in [-0.4, -0.2) is 6.04 Å². The van der Waals surface area contributed by atoms with Gasteiger partial charge in [-0.2, -0.15) is 0 Å². The fourth-order valence-electron chi connectivity index (χ4n) is 1.39. The van der Waals surface area contributed by atoms with Crippen LogP contribution in [0.4, 0.5) is 0 Å². The van der Waals surface area contributed by atoms with Crippen LogP contribution >= 0.6 is 27.3 Å².